The van der Waals surface area contributed by atoms with E-state index >= 15 is 0 Å². The van der Waals surface area contributed by atoms with Gasteiger partial charge in [-0.15, -0.1) is 0 Å². The van der Waals surface area contributed by atoms with Crippen LogP contribution in [0.1, 0.15) is 30.1 Å². The van der Waals surface area contributed by atoms with E-state index in [0.29, 0.717) is 11.6 Å². The van der Waals surface area contributed by atoms with Crippen LogP contribution in [0, 0.1) is 11.7 Å². The van der Waals surface area contributed by atoms with Crippen molar-refractivity contribution < 1.29 is 9.18 Å². The number of carbonyl (C=O) groups is 1. The molecule has 0 saturated heterocycles. The van der Waals surface area contributed by atoms with Gasteiger partial charge in [0.2, 0.25) is 0 Å². The molecule has 5 N–H and O–H groups in total. The van der Waals surface area contributed by atoms with Gasteiger partial charge in [-0.3, -0.25) is 4.79 Å². The number of nitrogens with two attached hydrogens (primary N) is 2. The first-order chi connectivity index (χ1) is 7.97. The molecular formula is C12H16FN3O. The first-order valence-electron chi connectivity index (χ1n) is 5.62. The summed E-state index contributed by atoms with van der Waals surface area (Å²) in [6.07, 6.45) is 2.02. The monoisotopic (exact) mass is 237 g/mol. The highest BCUT2D eigenvalue weighted by atomic mass is 19.1. The summed E-state index contributed by atoms with van der Waals surface area (Å²) in [6.45, 7) is 2.15. The average molecular weight is 237 g/mol. The SMILES string of the molecule is CC1CC(Nc2cc(C(N)=O)c(N)cc2F)C1. The number of primary amides is 1. The number of benzene rings is 1. The van der Waals surface area contributed by atoms with E-state index in [1.807, 2.05) is 0 Å². The fourth-order valence-electron chi connectivity index (χ4n) is 2.15. The molecule has 2 rings (SSSR count). The molecular weight excluding hydrogens is 221 g/mol. The van der Waals surface area contributed by atoms with Crippen molar-refractivity contribution in [3.63, 3.8) is 0 Å². The van der Waals surface area contributed by atoms with Gasteiger partial charge in [-0.05, 0) is 30.9 Å². The van der Waals surface area contributed by atoms with E-state index in [1.165, 1.54) is 6.07 Å². The minimum absolute atomic E-state index is 0.0718. The summed E-state index contributed by atoms with van der Waals surface area (Å²) < 4.78 is 13.6. The topological polar surface area (TPSA) is 81.1 Å². The number of halogens is 1. The molecule has 1 saturated carbocycles. The van der Waals surface area contributed by atoms with Crippen LogP contribution in [0.3, 0.4) is 0 Å². The van der Waals surface area contributed by atoms with E-state index in [0.717, 1.165) is 18.9 Å². The van der Waals surface area contributed by atoms with E-state index < -0.39 is 11.7 Å². The Hall–Kier alpha value is -1.78. The molecule has 4 nitrogen and oxygen atoms in total. The number of amides is 1. The average Bonchev–Trinajstić information content (AvgIpc) is 2.18. The number of carbonyl (C=O) groups excluding carboxylic acids is 1. The molecule has 92 valence electrons. The fraction of sp³-hybridized carbons (Fsp3) is 0.417. The summed E-state index contributed by atoms with van der Waals surface area (Å²) in [5.41, 5.74) is 11.2. The largest absolute Gasteiger partial charge is 0.398 e. The molecule has 1 fully saturated rings. The molecule has 0 aliphatic heterocycles. The predicted molar refractivity (Wildman–Crippen MR) is 65.1 cm³/mol. The van der Waals surface area contributed by atoms with Crippen molar-refractivity contribution in [3.05, 3.63) is 23.5 Å². The Kier molecular flexibility index (Phi) is 2.92. The standard InChI is InChI=1S/C12H16FN3O/c1-6-2-7(3-6)16-11-4-8(12(15)17)10(14)5-9(11)13/h4-7,16H,2-3,14H2,1H3,(H2,15,17). The second-order valence-electron chi connectivity index (χ2n) is 4.70. The van der Waals surface area contributed by atoms with Gasteiger partial charge in [0.05, 0.1) is 11.3 Å². The number of nitrogen functional groups attached to an aromatic ring is 1. The van der Waals surface area contributed by atoms with Gasteiger partial charge >= 0.3 is 0 Å². The van der Waals surface area contributed by atoms with Crippen LogP contribution in [0.5, 0.6) is 0 Å². The molecule has 0 atom stereocenters. The lowest BCUT2D eigenvalue weighted by molar-refractivity contribution is 0.100. The van der Waals surface area contributed by atoms with Crippen LogP contribution in [0.4, 0.5) is 15.8 Å². The van der Waals surface area contributed by atoms with Crippen LogP contribution in [0.15, 0.2) is 12.1 Å². The van der Waals surface area contributed by atoms with Crippen LogP contribution >= 0.6 is 0 Å². The van der Waals surface area contributed by atoms with Gasteiger partial charge in [-0.25, -0.2) is 4.39 Å². The quantitative estimate of drug-likeness (QED) is 0.700. The van der Waals surface area contributed by atoms with Crippen LogP contribution < -0.4 is 16.8 Å². The van der Waals surface area contributed by atoms with Crippen molar-refractivity contribution in [2.24, 2.45) is 11.7 Å². The molecule has 1 aromatic rings. The third-order valence-corrected chi connectivity index (χ3v) is 3.14. The van der Waals surface area contributed by atoms with Crippen molar-refractivity contribution >= 4 is 17.3 Å². The minimum Gasteiger partial charge on any atom is -0.398 e. The van der Waals surface area contributed by atoms with Crippen LogP contribution in [0.25, 0.3) is 0 Å². The highest BCUT2D eigenvalue weighted by Gasteiger charge is 2.26. The Bertz CT molecular complexity index is 455. The molecule has 0 unspecified atom stereocenters. The third-order valence-electron chi connectivity index (χ3n) is 3.14. The minimum atomic E-state index is -0.646. The number of nitrogens with one attached hydrogen (secondary N) is 1. The van der Waals surface area contributed by atoms with Gasteiger partial charge in [-0.2, -0.15) is 0 Å². The highest BCUT2D eigenvalue weighted by Crippen LogP contribution is 2.31. The van der Waals surface area contributed by atoms with Gasteiger partial charge in [0, 0.05) is 11.7 Å². The maximum Gasteiger partial charge on any atom is 0.250 e. The number of hydrogen-bond donors (Lipinski definition) is 3. The maximum atomic E-state index is 13.6. The first-order valence-corrected chi connectivity index (χ1v) is 5.62. The molecule has 1 aliphatic carbocycles. The van der Waals surface area contributed by atoms with Gasteiger partial charge in [0.15, 0.2) is 0 Å². The van der Waals surface area contributed by atoms with Crippen molar-refractivity contribution in [2.45, 2.75) is 25.8 Å². The fourth-order valence-corrected chi connectivity index (χ4v) is 2.15. The Morgan fingerprint density at radius 1 is 1.47 bits per heavy atom. The van der Waals surface area contributed by atoms with Crippen molar-refractivity contribution in [2.75, 3.05) is 11.1 Å². The zero-order valence-electron chi connectivity index (χ0n) is 9.66. The molecule has 0 heterocycles. The molecule has 5 heteroatoms. The summed E-state index contributed by atoms with van der Waals surface area (Å²) >= 11 is 0. The molecule has 0 radical (unpaired) electrons. The lowest BCUT2D eigenvalue weighted by Crippen LogP contribution is -2.34. The van der Waals surface area contributed by atoms with Gasteiger partial charge in [-0.1, -0.05) is 6.92 Å². The number of hydrogen-bond acceptors (Lipinski definition) is 3. The van der Waals surface area contributed by atoms with Crippen LogP contribution in [-0.2, 0) is 0 Å². The summed E-state index contributed by atoms with van der Waals surface area (Å²) in [7, 11) is 0. The number of rotatable bonds is 3. The van der Waals surface area contributed by atoms with Gasteiger partial charge in [0.1, 0.15) is 5.82 Å². The number of anilines is 2. The van der Waals surface area contributed by atoms with Crippen molar-refractivity contribution in [1.82, 2.24) is 0 Å². The maximum absolute atomic E-state index is 13.6. The van der Waals surface area contributed by atoms with Gasteiger partial charge < -0.3 is 16.8 Å². The van der Waals surface area contributed by atoms with Crippen molar-refractivity contribution in [1.29, 1.82) is 0 Å². The zero-order chi connectivity index (χ0) is 12.6. The van der Waals surface area contributed by atoms with Crippen molar-refractivity contribution in [3.8, 4) is 0 Å². The summed E-state index contributed by atoms with van der Waals surface area (Å²) in [4.78, 5) is 11.1. The van der Waals surface area contributed by atoms with Crippen LogP contribution in [-0.4, -0.2) is 11.9 Å². The van der Waals surface area contributed by atoms with Gasteiger partial charge in [0.25, 0.3) is 5.91 Å². The summed E-state index contributed by atoms with van der Waals surface area (Å²) in [6, 6.07) is 2.78. The third kappa shape index (κ3) is 2.33. The Morgan fingerprint density at radius 2 is 2.12 bits per heavy atom. The molecule has 1 aromatic carbocycles. The van der Waals surface area contributed by atoms with E-state index in [2.05, 4.69) is 12.2 Å². The lowest BCUT2D eigenvalue weighted by Gasteiger charge is -2.34. The van der Waals surface area contributed by atoms with E-state index in [4.69, 9.17) is 11.5 Å². The van der Waals surface area contributed by atoms with E-state index in [-0.39, 0.29) is 17.3 Å². The summed E-state index contributed by atoms with van der Waals surface area (Å²) in [5, 5.41) is 3.06. The first kappa shape index (κ1) is 11.7. The second kappa shape index (κ2) is 4.24. The smallest absolute Gasteiger partial charge is 0.250 e. The van der Waals surface area contributed by atoms with E-state index in [9.17, 15) is 9.18 Å². The second-order valence-corrected chi connectivity index (χ2v) is 4.70. The predicted octanol–water partition coefficient (Wildman–Crippen LogP) is 1.72. The lowest BCUT2D eigenvalue weighted by atomic mass is 9.82. The molecule has 17 heavy (non-hydrogen) atoms. The normalized spacial score (nSPS) is 22.9. The van der Waals surface area contributed by atoms with E-state index in [1.54, 1.807) is 0 Å². The Morgan fingerprint density at radius 3 is 2.65 bits per heavy atom. The molecule has 0 aromatic heterocycles. The van der Waals surface area contributed by atoms with Crippen LogP contribution in [0.2, 0.25) is 0 Å². The highest BCUT2D eigenvalue weighted by molar-refractivity contribution is 5.99. The molecule has 0 bridgehead atoms. The summed E-state index contributed by atoms with van der Waals surface area (Å²) in [5.74, 6) is -0.431. The zero-order valence-corrected chi connectivity index (χ0v) is 9.66. The molecule has 1 aliphatic rings. The molecule has 0 spiro atoms. The Labute approximate surface area is 99.2 Å². The Balaban J connectivity index is 2.21. The molecule has 1 amide bonds.